The minimum Gasteiger partial charge on any atom is -0.396 e. The quantitative estimate of drug-likeness (QED) is 0.888. The van der Waals surface area contributed by atoms with Crippen molar-refractivity contribution in [1.29, 1.82) is 0 Å². The zero-order valence-corrected chi connectivity index (χ0v) is 11.2. The number of amides is 1. The average Bonchev–Trinajstić information content (AvgIpc) is 2.29. The van der Waals surface area contributed by atoms with Gasteiger partial charge in [-0.3, -0.25) is 4.79 Å². The Labute approximate surface area is 113 Å². The van der Waals surface area contributed by atoms with E-state index in [0.717, 1.165) is 24.8 Å². The number of halogens is 1. The van der Waals surface area contributed by atoms with Crippen LogP contribution in [0, 0.1) is 12.7 Å². The molecule has 0 radical (unpaired) electrons. The first-order valence-electron chi connectivity index (χ1n) is 6.81. The highest BCUT2D eigenvalue weighted by atomic mass is 19.1. The molecule has 0 bridgehead atoms. The standard InChI is InChI=1S/C15H20FNO2/c1-11-8-12(10-13(16)9-11)15(19)17(6-3-7-18)14-4-2-5-14/h8-10,14,18H,2-7H2,1H3. The molecule has 0 heterocycles. The molecule has 104 valence electrons. The van der Waals surface area contributed by atoms with Crippen molar-refractivity contribution >= 4 is 5.91 Å². The molecule has 1 amide bonds. The van der Waals surface area contributed by atoms with Crippen LogP contribution in [0.1, 0.15) is 41.6 Å². The largest absolute Gasteiger partial charge is 0.396 e. The van der Waals surface area contributed by atoms with Crippen LogP contribution in [0.4, 0.5) is 4.39 Å². The van der Waals surface area contributed by atoms with Crippen LogP contribution < -0.4 is 0 Å². The Morgan fingerprint density at radius 2 is 2.16 bits per heavy atom. The van der Waals surface area contributed by atoms with Gasteiger partial charge in [0.05, 0.1) is 0 Å². The summed E-state index contributed by atoms with van der Waals surface area (Å²) in [6, 6.07) is 4.68. The van der Waals surface area contributed by atoms with E-state index in [4.69, 9.17) is 5.11 Å². The van der Waals surface area contributed by atoms with Crippen LogP contribution in [-0.4, -0.2) is 35.1 Å². The Morgan fingerprint density at radius 1 is 1.42 bits per heavy atom. The minimum absolute atomic E-state index is 0.0681. The van der Waals surface area contributed by atoms with Gasteiger partial charge in [-0.1, -0.05) is 0 Å². The molecule has 0 saturated heterocycles. The second-order valence-electron chi connectivity index (χ2n) is 5.18. The van der Waals surface area contributed by atoms with Crippen LogP contribution in [0.15, 0.2) is 18.2 Å². The molecule has 0 aliphatic heterocycles. The number of aryl methyl sites for hydroxylation is 1. The number of carbonyl (C=O) groups excluding carboxylic acids is 1. The molecule has 0 spiro atoms. The van der Waals surface area contributed by atoms with Crippen molar-refractivity contribution in [2.24, 2.45) is 0 Å². The first kappa shape index (κ1) is 14.0. The third-order valence-corrected chi connectivity index (χ3v) is 3.62. The number of carbonyl (C=O) groups is 1. The number of rotatable bonds is 5. The van der Waals surface area contributed by atoms with Gasteiger partial charge in [-0.05, 0) is 56.4 Å². The summed E-state index contributed by atoms with van der Waals surface area (Å²) in [4.78, 5) is 14.3. The summed E-state index contributed by atoms with van der Waals surface area (Å²) in [5.74, 6) is -0.500. The number of benzene rings is 1. The van der Waals surface area contributed by atoms with E-state index in [-0.39, 0.29) is 24.4 Å². The number of aliphatic hydroxyl groups is 1. The van der Waals surface area contributed by atoms with Crippen molar-refractivity contribution in [3.63, 3.8) is 0 Å². The SMILES string of the molecule is Cc1cc(F)cc(C(=O)N(CCCO)C2CCC2)c1. The van der Waals surface area contributed by atoms with Gasteiger partial charge in [0.2, 0.25) is 0 Å². The van der Waals surface area contributed by atoms with Gasteiger partial charge < -0.3 is 10.0 Å². The highest BCUT2D eigenvalue weighted by Crippen LogP contribution is 2.26. The second-order valence-corrected chi connectivity index (χ2v) is 5.18. The Hall–Kier alpha value is -1.42. The molecular formula is C15H20FNO2. The van der Waals surface area contributed by atoms with E-state index >= 15 is 0 Å². The Bertz CT molecular complexity index is 437. The van der Waals surface area contributed by atoms with Gasteiger partial charge in [-0.2, -0.15) is 0 Å². The van der Waals surface area contributed by atoms with Crippen molar-refractivity contribution in [3.8, 4) is 0 Å². The van der Waals surface area contributed by atoms with E-state index in [0.29, 0.717) is 18.5 Å². The molecule has 1 aromatic carbocycles. The summed E-state index contributed by atoms with van der Waals surface area (Å²) >= 11 is 0. The molecule has 4 heteroatoms. The molecule has 1 N–H and O–H groups in total. The van der Waals surface area contributed by atoms with Gasteiger partial charge in [0.25, 0.3) is 5.91 Å². The van der Waals surface area contributed by atoms with Crippen LogP contribution >= 0.6 is 0 Å². The van der Waals surface area contributed by atoms with Crippen LogP contribution in [0.3, 0.4) is 0 Å². The number of hydrogen-bond acceptors (Lipinski definition) is 2. The summed E-state index contributed by atoms with van der Waals surface area (Å²) in [6.07, 6.45) is 3.71. The van der Waals surface area contributed by atoms with Crippen molar-refractivity contribution in [3.05, 3.63) is 35.1 Å². The topological polar surface area (TPSA) is 40.5 Å². The molecular weight excluding hydrogens is 245 g/mol. The Kier molecular flexibility index (Phi) is 4.53. The minimum atomic E-state index is -0.376. The highest BCUT2D eigenvalue weighted by molar-refractivity contribution is 5.94. The van der Waals surface area contributed by atoms with Crippen molar-refractivity contribution in [2.75, 3.05) is 13.2 Å². The van der Waals surface area contributed by atoms with Crippen molar-refractivity contribution < 1.29 is 14.3 Å². The lowest BCUT2D eigenvalue weighted by molar-refractivity contribution is 0.0562. The van der Waals surface area contributed by atoms with Gasteiger partial charge in [-0.15, -0.1) is 0 Å². The summed E-state index contributed by atoms with van der Waals surface area (Å²) < 4.78 is 13.4. The van der Waals surface area contributed by atoms with Gasteiger partial charge in [0.15, 0.2) is 0 Å². The first-order chi connectivity index (χ1) is 9.11. The van der Waals surface area contributed by atoms with Crippen LogP contribution in [-0.2, 0) is 0 Å². The lowest BCUT2D eigenvalue weighted by atomic mass is 9.90. The van der Waals surface area contributed by atoms with E-state index in [1.165, 1.54) is 12.1 Å². The maximum absolute atomic E-state index is 13.4. The summed E-state index contributed by atoms with van der Waals surface area (Å²) in [6.45, 7) is 2.38. The molecule has 1 saturated carbocycles. The molecule has 0 atom stereocenters. The van der Waals surface area contributed by atoms with Gasteiger partial charge in [0.1, 0.15) is 5.82 Å². The Balaban J connectivity index is 2.17. The number of hydrogen-bond donors (Lipinski definition) is 1. The number of aliphatic hydroxyl groups excluding tert-OH is 1. The fourth-order valence-electron chi connectivity index (χ4n) is 2.41. The van der Waals surface area contributed by atoms with Gasteiger partial charge in [0, 0.05) is 24.8 Å². The molecule has 0 unspecified atom stereocenters. The van der Waals surface area contributed by atoms with E-state index < -0.39 is 0 Å². The molecule has 1 aromatic rings. The molecule has 0 aromatic heterocycles. The Morgan fingerprint density at radius 3 is 2.68 bits per heavy atom. The van der Waals surface area contributed by atoms with Gasteiger partial charge in [-0.25, -0.2) is 4.39 Å². The first-order valence-corrected chi connectivity index (χ1v) is 6.81. The molecule has 1 aliphatic rings. The predicted molar refractivity (Wildman–Crippen MR) is 71.5 cm³/mol. The smallest absolute Gasteiger partial charge is 0.254 e. The molecule has 3 nitrogen and oxygen atoms in total. The van der Waals surface area contributed by atoms with E-state index in [2.05, 4.69) is 0 Å². The average molecular weight is 265 g/mol. The number of nitrogens with zero attached hydrogens (tertiary/aromatic N) is 1. The fourth-order valence-corrected chi connectivity index (χ4v) is 2.41. The van der Waals surface area contributed by atoms with E-state index in [9.17, 15) is 9.18 Å². The monoisotopic (exact) mass is 265 g/mol. The lowest BCUT2D eigenvalue weighted by Crippen LogP contribution is -2.45. The van der Waals surface area contributed by atoms with Crippen LogP contribution in [0.2, 0.25) is 0 Å². The summed E-state index contributed by atoms with van der Waals surface area (Å²) in [5.41, 5.74) is 1.15. The fraction of sp³-hybridized carbons (Fsp3) is 0.533. The van der Waals surface area contributed by atoms with Crippen LogP contribution in [0.25, 0.3) is 0 Å². The third kappa shape index (κ3) is 3.32. The van der Waals surface area contributed by atoms with E-state index in [1.807, 2.05) is 0 Å². The van der Waals surface area contributed by atoms with Crippen molar-refractivity contribution in [1.82, 2.24) is 4.90 Å². The predicted octanol–water partition coefficient (Wildman–Crippen LogP) is 2.51. The van der Waals surface area contributed by atoms with Crippen molar-refractivity contribution in [2.45, 2.75) is 38.6 Å². The second kappa shape index (κ2) is 6.15. The third-order valence-electron chi connectivity index (χ3n) is 3.62. The summed E-state index contributed by atoms with van der Waals surface area (Å²) in [5, 5.41) is 8.93. The molecule has 1 aliphatic carbocycles. The molecule has 2 rings (SSSR count). The van der Waals surface area contributed by atoms with Gasteiger partial charge >= 0.3 is 0 Å². The maximum atomic E-state index is 13.4. The van der Waals surface area contributed by atoms with E-state index in [1.54, 1.807) is 17.9 Å². The maximum Gasteiger partial charge on any atom is 0.254 e. The zero-order chi connectivity index (χ0) is 13.8. The zero-order valence-electron chi connectivity index (χ0n) is 11.2. The lowest BCUT2D eigenvalue weighted by Gasteiger charge is -2.37. The molecule has 1 fully saturated rings. The normalized spacial score (nSPS) is 15.1. The summed E-state index contributed by atoms with van der Waals surface area (Å²) in [7, 11) is 0. The van der Waals surface area contributed by atoms with Crippen LogP contribution in [0.5, 0.6) is 0 Å². The highest BCUT2D eigenvalue weighted by Gasteiger charge is 2.29. The molecule has 19 heavy (non-hydrogen) atoms.